The van der Waals surface area contributed by atoms with Gasteiger partial charge in [-0.25, -0.2) is 14.6 Å². The molecule has 3 aromatic rings. The first-order valence-electron chi connectivity index (χ1n) is 12.1. The van der Waals surface area contributed by atoms with Gasteiger partial charge in [-0.2, -0.15) is 0 Å². The molecule has 1 unspecified atom stereocenters. The molecule has 1 aromatic carbocycles. The third-order valence-electron chi connectivity index (χ3n) is 6.80. The van der Waals surface area contributed by atoms with Crippen molar-refractivity contribution in [3.63, 3.8) is 0 Å². The first kappa shape index (κ1) is 27.0. The first-order valence-corrected chi connectivity index (χ1v) is 14.2. The summed E-state index contributed by atoms with van der Waals surface area (Å²) in [7, 11) is 1.52. The Balaban J connectivity index is 1.38. The zero-order chi connectivity index (χ0) is 28.0. The van der Waals surface area contributed by atoms with Crippen molar-refractivity contribution in [3.8, 4) is 11.5 Å². The molecule has 4 heterocycles. The lowest BCUT2D eigenvalue weighted by atomic mass is 9.77. The summed E-state index contributed by atoms with van der Waals surface area (Å²) in [5.74, 6) is -1.25. The maximum atomic E-state index is 13.5. The van der Waals surface area contributed by atoms with Gasteiger partial charge in [0.25, 0.3) is 0 Å². The third-order valence-corrected chi connectivity index (χ3v) is 8.76. The monoisotopic (exact) mass is 573 g/mol. The second kappa shape index (κ2) is 10.5. The quantitative estimate of drug-likeness (QED) is 0.140. The number of imidazole rings is 1. The van der Waals surface area contributed by atoms with Gasteiger partial charge in [0.05, 0.1) is 30.1 Å². The van der Waals surface area contributed by atoms with E-state index in [1.807, 2.05) is 23.8 Å². The van der Waals surface area contributed by atoms with Crippen LogP contribution in [0.3, 0.4) is 0 Å². The van der Waals surface area contributed by atoms with Gasteiger partial charge in [-0.15, -0.1) is 23.1 Å². The number of benzene rings is 1. The predicted octanol–water partition coefficient (Wildman–Crippen LogP) is 3.80. The van der Waals surface area contributed by atoms with Gasteiger partial charge in [0.1, 0.15) is 33.4 Å². The number of carbonyl (C=O) groups is 3. The molecule has 2 aliphatic heterocycles. The molecule has 13 heteroatoms. The second-order valence-electron chi connectivity index (χ2n) is 9.20. The van der Waals surface area contributed by atoms with E-state index in [1.54, 1.807) is 25.4 Å². The smallest absolute Gasteiger partial charge is 0.497 e. The number of fused-ring (bicyclic) bond motifs is 2. The highest BCUT2D eigenvalue weighted by Crippen LogP contribution is 2.52. The van der Waals surface area contributed by atoms with E-state index in [9.17, 15) is 19.5 Å². The lowest BCUT2D eigenvalue weighted by molar-refractivity contribution is -0.172. The summed E-state index contributed by atoms with van der Waals surface area (Å²) < 4.78 is 22.7. The van der Waals surface area contributed by atoms with Gasteiger partial charge in [0, 0.05) is 24.6 Å². The summed E-state index contributed by atoms with van der Waals surface area (Å²) in [5, 5.41) is 11.1. The zero-order valence-corrected chi connectivity index (χ0v) is 23.4. The number of aliphatic hydroxyl groups is 1. The Morgan fingerprint density at radius 3 is 2.49 bits per heavy atom. The summed E-state index contributed by atoms with van der Waals surface area (Å²) in [6.07, 6.45) is 2.25. The maximum absolute atomic E-state index is 13.5. The number of ether oxygens (including phenoxy) is 4. The Morgan fingerprint density at radius 1 is 1.15 bits per heavy atom. The molecular weight excluding hydrogens is 546 g/mol. The molecular formula is C26H27N3O8S2. The number of carbonyl (C=O) groups excluding carboxylic acids is 3. The van der Waals surface area contributed by atoms with Gasteiger partial charge < -0.3 is 29.0 Å². The van der Waals surface area contributed by atoms with Crippen LogP contribution in [0.2, 0.25) is 0 Å². The zero-order valence-electron chi connectivity index (χ0n) is 21.8. The van der Waals surface area contributed by atoms with Crippen molar-refractivity contribution in [1.82, 2.24) is 14.3 Å². The summed E-state index contributed by atoms with van der Waals surface area (Å²) >= 11 is 2.96. The molecule has 0 aliphatic carbocycles. The van der Waals surface area contributed by atoms with Crippen LogP contribution in [0.5, 0.6) is 11.5 Å². The van der Waals surface area contributed by atoms with Crippen LogP contribution in [0.25, 0.3) is 10.4 Å². The number of thiazole rings is 1. The van der Waals surface area contributed by atoms with Crippen molar-refractivity contribution in [1.29, 1.82) is 0 Å². The molecule has 0 spiro atoms. The van der Waals surface area contributed by atoms with E-state index in [0.29, 0.717) is 11.3 Å². The summed E-state index contributed by atoms with van der Waals surface area (Å²) in [4.78, 5) is 46.3. The number of β-lactam (4-membered cyclic amide) rings is 1. The summed E-state index contributed by atoms with van der Waals surface area (Å²) in [6, 6.07) is 5.90. The highest BCUT2D eigenvalue weighted by atomic mass is 32.2. The van der Waals surface area contributed by atoms with Crippen LogP contribution in [-0.2, 0) is 19.1 Å². The minimum Gasteiger partial charge on any atom is -0.497 e. The first-order chi connectivity index (χ1) is 18.6. The van der Waals surface area contributed by atoms with E-state index in [0.717, 1.165) is 14.7 Å². The molecule has 39 heavy (non-hydrogen) atoms. The Bertz CT molecular complexity index is 1460. The molecule has 1 fully saturated rings. The van der Waals surface area contributed by atoms with Gasteiger partial charge in [-0.05, 0) is 37.4 Å². The van der Waals surface area contributed by atoms with Crippen LogP contribution in [-0.4, -0.2) is 69.2 Å². The number of esters is 1. The molecule has 1 saturated heterocycles. The van der Waals surface area contributed by atoms with Crippen molar-refractivity contribution in [2.45, 2.75) is 44.2 Å². The van der Waals surface area contributed by atoms with Crippen molar-refractivity contribution in [2.24, 2.45) is 11.8 Å². The molecule has 206 valence electrons. The third kappa shape index (κ3) is 4.74. The fourth-order valence-electron chi connectivity index (χ4n) is 5.06. The van der Waals surface area contributed by atoms with Gasteiger partial charge >= 0.3 is 12.1 Å². The fraction of sp³-hybridized carbons (Fsp3) is 0.385. The van der Waals surface area contributed by atoms with Crippen molar-refractivity contribution in [2.75, 3.05) is 13.4 Å². The minimum absolute atomic E-state index is 0.0801. The molecule has 2 aromatic heterocycles. The van der Waals surface area contributed by atoms with E-state index >= 15 is 0 Å². The lowest BCUT2D eigenvalue weighted by Gasteiger charge is -2.46. The Kier molecular flexibility index (Phi) is 7.31. The lowest BCUT2D eigenvalue weighted by Crippen LogP contribution is -2.63. The molecule has 5 rings (SSSR count). The van der Waals surface area contributed by atoms with E-state index in [1.165, 1.54) is 54.2 Å². The maximum Gasteiger partial charge on any atom is 0.516 e. The summed E-state index contributed by atoms with van der Waals surface area (Å²) in [6.45, 7) is 4.87. The average Bonchev–Trinajstić information content (AvgIpc) is 3.53. The van der Waals surface area contributed by atoms with Crippen LogP contribution in [0.15, 0.2) is 47.5 Å². The van der Waals surface area contributed by atoms with Crippen LogP contribution in [0.1, 0.15) is 25.6 Å². The normalized spacial score (nSPS) is 21.8. The number of aliphatic hydroxyl groups excluding tert-OH is 1. The number of amides is 1. The number of methoxy groups -OCH3 is 1. The number of hydrogen-bond acceptors (Lipinski definition) is 11. The Hall–Kier alpha value is -3.55. The SMILES string of the molecule is COc1ccc(OC(=O)OC(C)OC(=O)C2=C(c3cn4cnc(SC)c4s3)[C@H](C)[C@@H]3[C@@H]([C@@H](C)O)C(=O)N23)cc1. The van der Waals surface area contributed by atoms with Crippen LogP contribution < -0.4 is 9.47 Å². The van der Waals surface area contributed by atoms with Crippen LogP contribution in [0, 0.1) is 11.8 Å². The molecule has 1 N–H and O–H groups in total. The number of rotatable bonds is 8. The van der Waals surface area contributed by atoms with E-state index in [4.69, 9.17) is 18.9 Å². The van der Waals surface area contributed by atoms with Gasteiger partial charge in [-0.3, -0.25) is 9.20 Å². The van der Waals surface area contributed by atoms with Gasteiger partial charge in [0.2, 0.25) is 12.2 Å². The summed E-state index contributed by atoms with van der Waals surface area (Å²) in [5.41, 5.74) is 0.715. The van der Waals surface area contributed by atoms with Crippen LogP contribution >= 0.6 is 23.1 Å². The molecule has 0 bridgehead atoms. The topological polar surface area (TPSA) is 129 Å². The highest BCUT2D eigenvalue weighted by molar-refractivity contribution is 7.98. The van der Waals surface area contributed by atoms with Gasteiger partial charge in [0.15, 0.2) is 0 Å². The van der Waals surface area contributed by atoms with Crippen molar-refractivity contribution < 1.29 is 38.4 Å². The second-order valence-corrected chi connectivity index (χ2v) is 11.0. The predicted molar refractivity (Wildman–Crippen MR) is 142 cm³/mol. The fourth-order valence-corrected chi connectivity index (χ4v) is 6.98. The molecule has 2 aliphatic rings. The highest BCUT2D eigenvalue weighted by Gasteiger charge is 2.60. The Labute approximate surface area is 232 Å². The molecule has 11 nitrogen and oxygen atoms in total. The number of aromatic nitrogens is 2. The standard InChI is InChI=1S/C26H27N3O8S2/c1-12-18(17-10-28-11-27-22(38-5)24(28)39-17)21(29-20(12)19(13(2)30)23(29)31)25(32)35-14(3)36-26(33)37-16-8-6-15(34-4)7-9-16/h6-14,19-20,30H,1-5H3/t12-,13+,14?,19+,20+/m0/s1. The van der Waals surface area contributed by atoms with Crippen LogP contribution in [0.4, 0.5) is 4.79 Å². The minimum atomic E-state index is -1.30. The van der Waals surface area contributed by atoms with E-state index < -0.39 is 36.5 Å². The van der Waals surface area contributed by atoms with Crippen molar-refractivity contribution in [3.05, 3.63) is 47.4 Å². The number of hydrogen-bond donors (Lipinski definition) is 1. The number of nitrogens with zero attached hydrogens (tertiary/aromatic N) is 3. The van der Waals surface area contributed by atoms with Crippen molar-refractivity contribution >= 4 is 51.5 Å². The molecule has 0 radical (unpaired) electrons. The van der Waals surface area contributed by atoms with Gasteiger partial charge in [-0.1, -0.05) is 6.92 Å². The molecule has 1 amide bonds. The van der Waals surface area contributed by atoms with E-state index in [2.05, 4.69) is 4.98 Å². The average molecular weight is 574 g/mol. The number of thioether (sulfide) groups is 1. The Morgan fingerprint density at radius 2 is 1.85 bits per heavy atom. The van der Waals surface area contributed by atoms with E-state index in [-0.39, 0.29) is 23.3 Å². The molecule has 5 atom stereocenters. The largest absolute Gasteiger partial charge is 0.516 e. The molecule has 0 saturated carbocycles.